The maximum absolute atomic E-state index is 12.4. The molecule has 0 radical (unpaired) electrons. The molecule has 2 aliphatic heterocycles. The fourth-order valence-corrected chi connectivity index (χ4v) is 4.27. The standard InChI is InChI=1S/C18H20N4O2S/c23-17(15-6-14(21-22-15)10-1-2-10)20-18-19-16(9-25-18)11-3-4-12-7-24-8-13(12)5-11/h3-5,9-10,14-15,21-22H,1-2,6-8H2,(H,19,20,23). The van der Waals surface area contributed by atoms with Gasteiger partial charge in [0.1, 0.15) is 6.04 Å². The number of hydrazine groups is 1. The van der Waals surface area contributed by atoms with E-state index in [4.69, 9.17) is 4.74 Å². The Morgan fingerprint density at radius 2 is 2.12 bits per heavy atom. The molecule has 1 saturated heterocycles. The molecule has 1 aliphatic carbocycles. The number of rotatable bonds is 4. The molecule has 5 rings (SSSR count). The molecule has 1 amide bonds. The molecule has 25 heavy (non-hydrogen) atoms. The van der Waals surface area contributed by atoms with Gasteiger partial charge in [-0.3, -0.25) is 10.2 Å². The van der Waals surface area contributed by atoms with Crippen molar-refractivity contribution in [1.29, 1.82) is 0 Å². The first kappa shape index (κ1) is 15.5. The Balaban J connectivity index is 1.26. The lowest BCUT2D eigenvalue weighted by Crippen LogP contribution is -2.40. The Morgan fingerprint density at radius 1 is 1.24 bits per heavy atom. The normalized spacial score (nSPS) is 25.1. The molecule has 3 heterocycles. The summed E-state index contributed by atoms with van der Waals surface area (Å²) >= 11 is 1.46. The van der Waals surface area contributed by atoms with E-state index in [-0.39, 0.29) is 11.9 Å². The van der Waals surface area contributed by atoms with Crippen LogP contribution in [0.4, 0.5) is 5.13 Å². The van der Waals surface area contributed by atoms with Gasteiger partial charge in [0.2, 0.25) is 5.91 Å². The molecule has 1 aromatic carbocycles. The van der Waals surface area contributed by atoms with Gasteiger partial charge in [-0.15, -0.1) is 11.3 Å². The SMILES string of the molecule is O=C(Nc1nc(-c2ccc3c(c2)COC3)cs1)C1CC(C2CC2)NN1. The van der Waals surface area contributed by atoms with Crippen LogP contribution in [0.5, 0.6) is 0 Å². The van der Waals surface area contributed by atoms with Crippen molar-refractivity contribution in [2.24, 2.45) is 5.92 Å². The average molecular weight is 356 g/mol. The van der Waals surface area contributed by atoms with E-state index < -0.39 is 0 Å². The van der Waals surface area contributed by atoms with Crippen molar-refractivity contribution in [3.05, 3.63) is 34.7 Å². The maximum atomic E-state index is 12.4. The molecule has 1 saturated carbocycles. The summed E-state index contributed by atoms with van der Waals surface area (Å²) in [5, 5.41) is 5.58. The second-order valence-corrected chi connectivity index (χ2v) is 7.88. The summed E-state index contributed by atoms with van der Waals surface area (Å²) in [5.74, 6) is 0.722. The predicted molar refractivity (Wildman–Crippen MR) is 95.9 cm³/mol. The molecule has 0 bridgehead atoms. The molecule has 2 fully saturated rings. The number of aromatic nitrogens is 1. The third-order valence-corrected chi connectivity index (χ3v) is 5.95. The number of ether oxygens (including phenoxy) is 1. The van der Waals surface area contributed by atoms with Gasteiger partial charge in [0.25, 0.3) is 0 Å². The Labute approximate surface area is 150 Å². The molecule has 2 unspecified atom stereocenters. The van der Waals surface area contributed by atoms with Crippen LogP contribution in [0.25, 0.3) is 11.3 Å². The zero-order valence-electron chi connectivity index (χ0n) is 13.7. The Morgan fingerprint density at radius 3 is 3.00 bits per heavy atom. The van der Waals surface area contributed by atoms with Gasteiger partial charge in [-0.1, -0.05) is 12.1 Å². The molecular weight excluding hydrogens is 336 g/mol. The Bertz CT molecular complexity index is 817. The summed E-state index contributed by atoms with van der Waals surface area (Å²) < 4.78 is 5.46. The van der Waals surface area contributed by atoms with Crippen molar-refractivity contribution in [2.45, 2.75) is 44.6 Å². The zero-order chi connectivity index (χ0) is 16.8. The van der Waals surface area contributed by atoms with Gasteiger partial charge in [-0.05, 0) is 42.4 Å². The number of anilines is 1. The van der Waals surface area contributed by atoms with Crippen LogP contribution in [0.15, 0.2) is 23.6 Å². The summed E-state index contributed by atoms with van der Waals surface area (Å²) in [4.78, 5) is 17.0. The van der Waals surface area contributed by atoms with Crippen LogP contribution in [0.1, 0.15) is 30.4 Å². The van der Waals surface area contributed by atoms with Crippen LogP contribution in [0, 0.1) is 5.92 Å². The highest BCUT2D eigenvalue weighted by atomic mass is 32.1. The Kier molecular flexibility index (Phi) is 3.82. The fourth-order valence-electron chi connectivity index (χ4n) is 3.55. The van der Waals surface area contributed by atoms with Gasteiger partial charge in [-0.2, -0.15) is 0 Å². The summed E-state index contributed by atoms with van der Waals surface area (Å²) in [6, 6.07) is 6.54. The zero-order valence-corrected chi connectivity index (χ0v) is 14.6. The molecular formula is C18H20N4O2S. The van der Waals surface area contributed by atoms with Crippen molar-refractivity contribution in [1.82, 2.24) is 15.8 Å². The third-order valence-electron chi connectivity index (χ3n) is 5.19. The minimum absolute atomic E-state index is 0.0149. The van der Waals surface area contributed by atoms with Crippen molar-refractivity contribution < 1.29 is 9.53 Å². The van der Waals surface area contributed by atoms with Gasteiger partial charge in [0.15, 0.2) is 5.13 Å². The van der Waals surface area contributed by atoms with Crippen LogP contribution >= 0.6 is 11.3 Å². The van der Waals surface area contributed by atoms with Gasteiger partial charge >= 0.3 is 0 Å². The molecule has 130 valence electrons. The molecule has 7 heteroatoms. The maximum Gasteiger partial charge on any atom is 0.244 e. The lowest BCUT2D eigenvalue weighted by Gasteiger charge is -2.08. The molecule has 2 atom stereocenters. The molecule has 2 aromatic rings. The van der Waals surface area contributed by atoms with E-state index in [1.54, 1.807) is 0 Å². The van der Waals surface area contributed by atoms with E-state index in [0.29, 0.717) is 24.4 Å². The lowest BCUT2D eigenvalue weighted by molar-refractivity contribution is -0.117. The van der Waals surface area contributed by atoms with Crippen LogP contribution in [0.2, 0.25) is 0 Å². The summed E-state index contributed by atoms with van der Waals surface area (Å²) in [6.45, 7) is 1.36. The van der Waals surface area contributed by atoms with Gasteiger partial charge in [0.05, 0.1) is 18.9 Å². The minimum atomic E-state index is -0.185. The molecule has 3 aliphatic rings. The highest BCUT2D eigenvalue weighted by Crippen LogP contribution is 2.36. The number of fused-ring (bicyclic) bond motifs is 1. The molecule has 1 aromatic heterocycles. The highest BCUT2D eigenvalue weighted by Gasteiger charge is 2.38. The lowest BCUT2D eigenvalue weighted by atomic mass is 10.1. The number of carbonyl (C=O) groups is 1. The van der Waals surface area contributed by atoms with E-state index >= 15 is 0 Å². The first-order chi connectivity index (χ1) is 12.3. The van der Waals surface area contributed by atoms with E-state index in [1.165, 1.54) is 35.3 Å². The van der Waals surface area contributed by atoms with E-state index in [9.17, 15) is 4.79 Å². The van der Waals surface area contributed by atoms with Crippen LogP contribution < -0.4 is 16.2 Å². The number of hydrogen-bond donors (Lipinski definition) is 3. The quantitative estimate of drug-likeness (QED) is 0.784. The number of amides is 1. The number of hydrogen-bond acceptors (Lipinski definition) is 6. The monoisotopic (exact) mass is 356 g/mol. The summed E-state index contributed by atoms with van der Waals surface area (Å²) in [5.41, 5.74) is 10.8. The van der Waals surface area contributed by atoms with Crippen LogP contribution in [-0.4, -0.2) is 23.0 Å². The van der Waals surface area contributed by atoms with Crippen LogP contribution in [0.3, 0.4) is 0 Å². The number of nitrogens with one attached hydrogen (secondary N) is 3. The minimum Gasteiger partial charge on any atom is -0.372 e. The molecule has 3 N–H and O–H groups in total. The number of thiazole rings is 1. The highest BCUT2D eigenvalue weighted by molar-refractivity contribution is 7.14. The van der Waals surface area contributed by atoms with Gasteiger partial charge in [0, 0.05) is 17.0 Å². The number of carbonyl (C=O) groups excluding carboxylic acids is 1. The van der Waals surface area contributed by atoms with E-state index in [2.05, 4.69) is 39.4 Å². The van der Waals surface area contributed by atoms with Crippen LogP contribution in [-0.2, 0) is 22.7 Å². The summed E-state index contributed by atoms with van der Waals surface area (Å²) in [6.07, 6.45) is 3.39. The molecule has 6 nitrogen and oxygen atoms in total. The Hall–Kier alpha value is -1.80. The number of benzene rings is 1. The van der Waals surface area contributed by atoms with E-state index in [0.717, 1.165) is 23.6 Å². The smallest absolute Gasteiger partial charge is 0.244 e. The van der Waals surface area contributed by atoms with E-state index in [1.807, 2.05) is 5.38 Å². The first-order valence-electron chi connectivity index (χ1n) is 8.73. The van der Waals surface area contributed by atoms with Crippen molar-refractivity contribution in [3.8, 4) is 11.3 Å². The second kappa shape index (κ2) is 6.17. The van der Waals surface area contributed by atoms with Crippen molar-refractivity contribution >= 4 is 22.4 Å². The molecule has 0 spiro atoms. The summed E-state index contributed by atoms with van der Waals surface area (Å²) in [7, 11) is 0. The third kappa shape index (κ3) is 3.08. The largest absolute Gasteiger partial charge is 0.372 e. The van der Waals surface area contributed by atoms with Gasteiger partial charge < -0.3 is 10.1 Å². The van der Waals surface area contributed by atoms with Gasteiger partial charge in [-0.25, -0.2) is 10.4 Å². The average Bonchev–Trinajstić information content (AvgIpc) is 3.06. The second-order valence-electron chi connectivity index (χ2n) is 7.02. The fraction of sp³-hybridized carbons (Fsp3) is 0.444. The topological polar surface area (TPSA) is 75.3 Å². The predicted octanol–water partition coefficient (Wildman–Crippen LogP) is 2.42. The van der Waals surface area contributed by atoms with Crippen molar-refractivity contribution in [2.75, 3.05) is 5.32 Å². The van der Waals surface area contributed by atoms with Crippen molar-refractivity contribution in [3.63, 3.8) is 0 Å². The number of nitrogens with zero attached hydrogens (tertiary/aromatic N) is 1. The first-order valence-corrected chi connectivity index (χ1v) is 9.61.